The van der Waals surface area contributed by atoms with Gasteiger partial charge in [-0.15, -0.1) is 0 Å². The Morgan fingerprint density at radius 1 is 1.11 bits per heavy atom. The lowest BCUT2D eigenvalue weighted by Crippen LogP contribution is -2.21. The molecular weight excluding hydrogens is 422 g/mol. The van der Waals surface area contributed by atoms with Gasteiger partial charge in [0.1, 0.15) is 5.75 Å². The van der Waals surface area contributed by atoms with Crippen molar-refractivity contribution in [1.29, 1.82) is 0 Å². The van der Waals surface area contributed by atoms with Crippen LogP contribution in [0.3, 0.4) is 0 Å². The van der Waals surface area contributed by atoms with E-state index < -0.39 is 0 Å². The van der Waals surface area contributed by atoms with E-state index in [1.165, 1.54) is 6.21 Å². The third-order valence-electron chi connectivity index (χ3n) is 3.91. The first-order valence-electron chi connectivity index (χ1n) is 9.00. The molecule has 28 heavy (non-hydrogen) atoms. The van der Waals surface area contributed by atoms with Gasteiger partial charge >= 0.3 is 0 Å². The van der Waals surface area contributed by atoms with Gasteiger partial charge in [-0.1, -0.05) is 28.1 Å². The quantitative estimate of drug-likeness (QED) is 0.468. The summed E-state index contributed by atoms with van der Waals surface area (Å²) < 4.78 is 6.41. The van der Waals surface area contributed by atoms with E-state index in [0.29, 0.717) is 12.4 Å². The number of hydrogen-bond acceptors (Lipinski definition) is 4. The Balaban J connectivity index is 1.84. The van der Waals surface area contributed by atoms with Crippen LogP contribution in [0.4, 0.5) is 5.69 Å². The second-order valence-electron chi connectivity index (χ2n) is 6.27. The minimum Gasteiger partial charge on any atom is -0.493 e. The number of aryl methyl sites for hydroxylation is 2. The molecule has 0 fully saturated rings. The average molecular weight is 446 g/mol. The zero-order valence-electron chi connectivity index (χ0n) is 16.2. The highest BCUT2D eigenvalue weighted by Crippen LogP contribution is 2.21. The number of ether oxygens (including phenoxy) is 1. The molecule has 2 aromatic carbocycles. The topological polar surface area (TPSA) is 79.8 Å². The Morgan fingerprint density at radius 3 is 2.61 bits per heavy atom. The van der Waals surface area contributed by atoms with Crippen LogP contribution in [0.15, 0.2) is 46.0 Å². The third kappa shape index (κ3) is 6.81. The number of carbonyl (C=O) groups excluding carboxylic acids is 2. The predicted octanol–water partition coefficient (Wildman–Crippen LogP) is 4.33. The van der Waals surface area contributed by atoms with Gasteiger partial charge in [0.15, 0.2) is 0 Å². The van der Waals surface area contributed by atoms with Crippen LogP contribution in [-0.4, -0.2) is 24.6 Å². The molecule has 0 bridgehead atoms. The maximum absolute atomic E-state index is 12.1. The van der Waals surface area contributed by atoms with E-state index in [9.17, 15) is 9.59 Å². The van der Waals surface area contributed by atoms with Crippen molar-refractivity contribution in [3.8, 4) is 5.75 Å². The predicted molar refractivity (Wildman–Crippen MR) is 115 cm³/mol. The molecule has 0 aliphatic heterocycles. The lowest BCUT2D eigenvalue weighted by atomic mass is 10.1. The maximum Gasteiger partial charge on any atom is 0.240 e. The van der Waals surface area contributed by atoms with E-state index in [1.54, 1.807) is 0 Å². The molecule has 7 heteroatoms. The molecule has 0 aliphatic carbocycles. The van der Waals surface area contributed by atoms with E-state index in [0.717, 1.165) is 26.9 Å². The van der Waals surface area contributed by atoms with Crippen LogP contribution in [0.2, 0.25) is 0 Å². The number of rotatable bonds is 8. The maximum atomic E-state index is 12.1. The van der Waals surface area contributed by atoms with Crippen molar-refractivity contribution >= 4 is 39.6 Å². The van der Waals surface area contributed by atoms with Gasteiger partial charge in [-0.05, 0) is 56.2 Å². The normalized spacial score (nSPS) is 10.7. The molecule has 0 aromatic heterocycles. The molecule has 148 valence electrons. The average Bonchev–Trinajstić information content (AvgIpc) is 2.65. The summed E-state index contributed by atoms with van der Waals surface area (Å²) in [6.45, 7) is 6.32. The van der Waals surface area contributed by atoms with E-state index in [4.69, 9.17) is 4.74 Å². The van der Waals surface area contributed by atoms with Crippen molar-refractivity contribution in [2.75, 3.05) is 11.9 Å². The summed E-state index contributed by atoms with van der Waals surface area (Å²) in [5.74, 6) is 0.135. The monoisotopic (exact) mass is 445 g/mol. The fourth-order valence-electron chi connectivity index (χ4n) is 2.45. The zero-order valence-corrected chi connectivity index (χ0v) is 17.8. The Hall–Kier alpha value is -2.67. The highest BCUT2D eigenvalue weighted by molar-refractivity contribution is 9.10. The summed E-state index contributed by atoms with van der Waals surface area (Å²) >= 11 is 3.40. The van der Waals surface area contributed by atoms with Gasteiger partial charge < -0.3 is 10.1 Å². The molecule has 0 atom stereocenters. The van der Waals surface area contributed by atoms with Crippen LogP contribution < -0.4 is 15.5 Å². The van der Waals surface area contributed by atoms with Crippen LogP contribution >= 0.6 is 15.9 Å². The molecule has 0 saturated heterocycles. The highest BCUT2D eigenvalue weighted by Gasteiger charge is 2.08. The van der Waals surface area contributed by atoms with Crippen LogP contribution in [0, 0.1) is 13.8 Å². The summed E-state index contributed by atoms with van der Waals surface area (Å²) in [6, 6.07) is 11.4. The van der Waals surface area contributed by atoms with Crippen molar-refractivity contribution in [2.24, 2.45) is 5.10 Å². The van der Waals surface area contributed by atoms with Crippen molar-refractivity contribution < 1.29 is 14.3 Å². The molecular formula is C21H24BrN3O3. The number of nitrogens with one attached hydrogen (secondary N) is 2. The Morgan fingerprint density at radius 2 is 1.86 bits per heavy atom. The summed E-state index contributed by atoms with van der Waals surface area (Å²) in [4.78, 5) is 24.0. The number of amides is 2. The van der Waals surface area contributed by atoms with Gasteiger partial charge in [0, 0.05) is 28.6 Å². The Kier molecular flexibility index (Phi) is 8.19. The lowest BCUT2D eigenvalue weighted by molar-refractivity contribution is -0.124. The van der Waals surface area contributed by atoms with Gasteiger partial charge in [-0.3, -0.25) is 9.59 Å². The van der Waals surface area contributed by atoms with Crippen LogP contribution in [0.25, 0.3) is 0 Å². The largest absolute Gasteiger partial charge is 0.493 e. The Bertz CT molecular complexity index is 881. The fraction of sp³-hybridized carbons (Fsp3) is 0.286. The second-order valence-corrected chi connectivity index (χ2v) is 7.19. The van der Waals surface area contributed by atoms with Gasteiger partial charge in [-0.25, -0.2) is 5.43 Å². The smallest absolute Gasteiger partial charge is 0.240 e. The van der Waals surface area contributed by atoms with Gasteiger partial charge in [-0.2, -0.15) is 5.10 Å². The summed E-state index contributed by atoms with van der Waals surface area (Å²) in [5.41, 5.74) is 5.99. The molecule has 0 heterocycles. The number of nitrogens with zero attached hydrogens (tertiary/aromatic N) is 1. The van der Waals surface area contributed by atoms with Crippen molar-refractivity contribution in [2.45, 2.75) is 33.6 Å². The van der Waals surface area contributed by atoms with E-state index >= 15 is 0 Å². The molecule has 0 saturated carbocycles. The SMILES string of the molecule is CCOc1ccc(Br)cc1C=NNC(=O)CCC(=O)Nc1cc(C)ccc1C. The van der Waals surface area contributed by atoms with E-state index in [2.05, 4.69) is 31.8 Å². The number of anilines is 1. The number of hydrogen-bond donors (Lipinski definition) is 2. The molecule has 0 unspecified atom stereocenters. The molecule has 2 rings (SSSR count). The van der Waals surface area contributed by atoms with Crippen LogP contribution in [0.5, 0.6) is 5.75 Å². The molecule has 0 radical (unpaired) electrons. The zero-order chi connectivity index (χ0) is 20.5. The summed E-state index contributed by atoms with van der Waals surface area (Å²) in [5, 5.41) is 6.79. The van der Waals surface area contributed by atoms with Crippen LogP contribution in [0.1, 0.15) is 36.5 Å². The molecule has 6 nitrogen and oxygen atoms in total. The van der Waals surface area contributed by atoms with Crippen molar-refractivity contribution in [1.82, 2.24) is 5.43 Å². The first-order valence-corrected chi connectivity index (χ1v) is 9.79. The summed E-state index contributed by atoms with van der Waals surface area (Å²) in [6.07, 6.45) is 1.64. The third-order valence-corrected chi connectivity index (χ3v) is 4.40. The minimum absolute atomic E-state index is 0.0465. The first-order chi connectivity index (χ1) is 13.4. The molecule has 2 aromatic rings. The van der Waals surface area contributed by atoms with E-state index in [1.807, 2.05) is 57.2 Å². The van der Waals surface area contributed by atoms with E-state index in [-0.39, 0.29) is 24.7 Å². The van der Waals surface area contributed by atoms with Crippen molar-refractivity contribution in [3.63, 3.8) is 0 Å². The molecule has 0 aliphatic rings. The van der Waals surface area contributed by atoms with Gasteiger partial charge in [0.2, 0.25) is 11.8 Å². The standard InChI is InChI=1S/C21H24BrN3O3/c1-4-28-19-8-7-17(22)12-16(19)13-23-25-21(27)10-9-20(26)24-18-11-14(2)5-6-15(18)3/h5-8,11-13H,4,9-10H2,1-3H3,(H,24,26)(H,25,27). The second kappa shape index (κ2) is 10.6. The fourth-order valence-corrected chi connectivity index (χ4v) is 2.83. The number of hydrazone groups is 1. The number of benzene rings is 2. The minimum atomic E-state index is -0.333. The van der Waals surface area contributed by atoms with Gasteiger partial charge in [0.05, 0.1) is 12.8 Å². The lowest BCUT2D eigenvalue weighted by Gasteiger charge is -2.09. The number of carbonyl (C=O) groups is 2. The first kappa shape index (κ1) is 21.6. The van der Waals surface area contributed by atoms with Gasteiger partial charge in [0.25, 0.3) is 0 Å². The number of halogens is 1. The Labute approximate surface area is 173 Å². The van der Waals surface area contributed by atoms with Crippen LogP contribution in [-0.2, 0) is 9.59 Å². The van der Waals surface area contributed by atoms with Crippen molar-refractivity contribution in [3.05, 3.63) is 57.6 Å². The summed E-state index contributed by atoms with van der Waals surface area (Å²) in [7, 11) is 0. The molecule has 0 spiro atoms. The highest BCUT2D eigenvalue weighted by atomic mass is 79.9. The molecule has 2 amide bonds. The molecule has 2 N–H and O–H groups in total.